The monoisotopic (exact) mass is 422 g/mol. The van der Waals surface area contributed by atoms with E-state index in [0.29, 0.717) is 49.6 Å². The van der Waals surface area contributed by atoms with E-state index in [0.717, 1.165) is 12.1 Å². The highest BCUT2D eigenvalue weighted by Gasteiger charge is 2.26. The first kappa shape index (κ1) is 21.1. The number of aromatic nitrogens is 4. The number of amides is 1. The fourth-order valence-corrected chi connectivity index (χ4v) is 4.28. The van der Waals surface area contributed by atoms with Crippen molar-refractivity contribution < 1.29 is 4.79 Å². The highest BCUT2D eigenvalue weighted by Crippen LogP contribution is 2.22. The van der Waals surface area contributed by atoms with Crippen LogP contribution in [-0.2, 0) is 18.3 Å². The van der Waals surface area contributed by atoms with E-state index in [2.05, 4.69) is 22.1 Å². The van der Waals surface area contributed by atoms with Crippen molar-refractivity contribution in [2.75, 3.05) is 31.1 Å². The number of carbonyl (C=O) groups is 1. The molecule has 1 fully saturated rings. The Hall–Kier alpha value is -3.16. The fourth-order valence-electron chi connectivity index (χ4n) is 4.28. The number of fused-ring (bicyclic) bond motifs is 1. The summed E-state index contributed by atoms with van der Waals surface area (Å²) in [5.74, 6) is 0.844. The van der Waals surface area contributed by atoms with E-state index >= 15 is 0 Å². The van der Waals surface area contributed by atoms with E-state index in [-0.39, 0.29) is 17.5 Å². The number of hydrogen-bond donors (Lipinski definition) is 0. The van der Waals surface area contributed by atoms with E-state index in [1.807, 2.05) is 43.9 Å². The Kier molecular flexibility index (Phi) is 5.80. The summed E-state index contributed by atoms with van der Waals surface area (Å²) < 4.78 is 3.36. The molecule has 1 saturated heterocycles. The number of anilines is 1. The van der Waals surface area contributed by atoms with Crippen molar-refractivity contribution in [3.63, 3.8) is 0 Å². The van der Waals surface area contributed by atoms with Crippen molar-refractivity contribution in [3.05, 3.63) is 51.9 Å². The smallest absolute Gasteiger partial charge is 0.281 e. The molecule has 8 nitrogen and oxygen atoms in total. The lowest BCUT2D eigenvalue weighted by Crippen LogP contribution is -2.50. The average Bonchev–Trinajstić information content (AvgIpc) is 3.06. The number of carbonyl (C=O) groups excluding carboxylic acids is 1. The number of aryl methyl sites for hydroxylation is 3. The molecule has 2 aromatic heterocycles. The van der Waals surface area contributed by atoms with Gasteiger partial charge in [-0.25, -0.2) is 4.98 Å². The molecular weight excluding hydrogens is 392 g/mol. The van der Waals surface area contributed by atoms with Gasteiger partial charge < -0.3 is 9.80 Å². The average molecular weight is 423 g/mol. The first-order valence-corrected chi connectivity index (χ1v) is 10.9. The lowest BCUT2D eigenvalue weighted by molar-refractivity contribution is -0.131. The standard InChI is InChI=1S/C23H30N6O2/c1-16(2)29-22(31)21-20(17(3)25-26(21)4)24-23(29)28-14-12-27(13-15-28)19(30)11-10-18-8-6-5-7-9-18/h5-9,16H,10-15H2,1-4H3. The van der Waals surface area contributed by atoms with E-state index in [1.54, 1.807) is 16.3 Å². The Morgan fingerprint density at radius 3 is 2.42 bits per heavy atom. The summed E-state index contributed by atoms with van der Waals surface area (Å²) in [5, 5.41) is 4.39. The number of nitrogens with zero attached hydrogens (tertiary/aromatic N) is 6. The maximum Gasteiger partial charge on any atom is 0.281 e. The zero-order chi connectivity index (χ0) is 22.1. The summed E-state index contributed by atoms with van der Waals surface area (Å²) in [7, 11) is 1.78. The van der Waals surface area contributed by atoms with Gasteiger partial charge in [0, 0.05) is 45.7 Å². The molecule has 0 unspecified atom stereocenters. The number of rotatable bonds is 5. The Labute approximate surface area is 182 Å². The summed E-state index contributed by atoms with van der Waals surface area (Å²) >= 11 is 0. The maximum atomic E-state index is 13.2. The molecule has 4 rings (SSSR count). The Morgan fingerprint density at radius 1 is 1.10 bits per heavy atom. The van der Waals surface area contributed by atoms with Crippen molar-refractivity contribution >= 4 is 22.9 Å². The van der Waals surface area contributed by atoms with E-state index in [9.17, 15) is 9.59 Å². The largest absolute Gasteiger partial charge is 0.339 e. The number of piperazine rings is 1. The van der Waals surface area contributed by atoms with Crippen molar-refractivity contribution in [2.45, 2.75) is 39.7 Å². The molecule has 31 heavy (non-hydrogen) atoms. The van der Waals surface area contributed by atoms with E-state index < -0.39 is 0 Å². The zero-order valence-electron chi connectivity index (χ0n) is 18.7. The van der Waals surface area contributed by atoms with Crippen LogP contribution < -0.4 is 10.5 Å². The molecule has 164 valence electrons. The molecule has 3 heterocycles. The number of hydrogen-bond acceptors (Lipinski definition) is 5. The summed E-state index contributed by atoms with van der Waals surface area (Å²) in [6.45, 7) is 8.43. The molecule has 0 atom stereocenters. The lowest BCUT2D eigenvalue weighted by Gasteiger charge is -2.36. The van der Waals surface area contributed by atoms with Gasteiger partial charge in [-0.15, -0.1) is 0 Å². The van der Waals surface area contributed by atoms with Gasteiger partial charge in [-0.2, -0.15) is 5.10 Å². The summed E-state index contributed by atoms with van der Waals surface area (Å²) in [5.41, 5.74) is 3.05. The first-order chi connectivity index (χ1) is 14.9. The van der Waals surface area contributed by atoms with Crippen LogP contribution in [0.25, 0.3) is 11.0 Å². The van der Waals surface area contributed by atoms with Crippen LogP contribution in [0.15, 0.2) is 35.1 Å². The number of benzene rings is 1. The molecule has 0 bridgehead atoms. The molecule has 0 aliphatic carbocycles. The van der Waals surface area contributed by atoms with Crippen LogP contribution in [0.2, 0.25) is 0 Å². The van der Waals surface area contributed by atoms with Crippen LogP contribution in [0.4, 0.5) is 5.95 Å². The van der Waals surface area contributed by atoms with Crippen LogP contribution >= 0.6 is 0 Å². The third kappa shape index (κ3) is 4.06. The molecule has 1 amide bonds. The van der Waals surface area contributed by atoms with Gasteiger partial charge in [-0.3, -0.25) is 18.8 Å². The minimum atomic E-state index is -0.0699. The third-order valence-electron chi connectivity index (χ3n) is 5.94. The second-order valence-electron chi connectivity index (χ2n) is 8.44. The molecule has 0 saturated carbocycles. The molecule has 8 heteroatoms. The summed E-state index contributed by atoms with van der Waals surface area (Å²) in [6, 6.07) is 10.1. The highest BCUT2D eigenvalue weighted by molar-refractivity contribution is 5.78. The normalized spacial score (nSPS) is 14.6. The molecule has 1 aromatic carbocycles. The quantitative estimate of drug-likeness (QED) is 0.631. The molecule has 1 aliphatic heterocycles. The van der Waals surface area contributed by atoms with Crippen LogP contribution in [0.3, 0.4) is 0 Å². The van der Waals surface area contributed by atoms with E-state index in [1.165, 1.54) is 5.56 Å². The van der Waals surface area contributed by atoms with Gasteiger partial charge in [0.15, 0.2) is 5.52 Å². The van der Waals surface area contributed by atoms with Gasteiger partial charge in [0.1, 0.15) is 5.52 Å². The van der Waals surface area contributed by atoms with Gasteiger partial charge in [-0.05, 0) is 32.8 Å². The van der Waals surface area contributed by atoms with Gasteiger partial charge in [0.05, 0.1) is 5.69 Å². The summed E-state index contributed by atoms with van der Waals surface area (Å²) in [6.07, 6.45) is 1.27. The third-order valence-corrected chi connectivity index (χ3v) is 5.94. The minimum absolute atomic E-state index is 0.0276. The minimum Gasteiger partial charge on any atom is -0.339 e. The van der Waals surface area contributed by atoms with Crippen molar-refractivity contribution in [1.29, 1.82) is 0 Å². The predicted molar refractivity (Wildman–Crippen MR) is 121 cm³/mol. The van der Waals surface area contributed by atoms with Crippen molar-refractivity contribution in [1.82, 2.24) is 24.2 Å². The summed E-state index contributed by atoms with van der Waals surface area (Å²) in [4.78, 5) is 34.8. The van der Waals surface area contributed by atoms with Gasteiger partial charge in [0.25, 0.3) is 5.56 Å². The predicted octanol–water partition coefficient (Wildman–Crippen LogP) is 2.30. The second kappa shape index (κ2) is 8.53. The van der Waals surface area contributed by atoms with Gasteiger partial charge in [0.2, 0.25) is 11.9 Å². The van der Waals surface area contributed by atoms with Gasteiger partial charge in [-0.1, -0.05) is 30.3 Å². The SMILES string of the molecule is Cc1nn(C)c2c(=O)n(C(C)C)c(N3CCN(C(=O)CCc4ccccc4)CC3)nc12. The van der Waals surface area contributed by atoms with Gasteiger partial charge >= 0.3 is 0 Å². The highest BCUT2D eigenvalue weighted by atomic mass is 16.2. The van der Waals surface area contributed by atoms with Crippen molar-refractivity contribution in [2.24, 2.45) is 7.05 Å². The Bertz CT molecular complexity index is 1140. The molecule has 0 radical (unpaired) electrons. The molecule has 1 aliphatic rings. The molecule has 0 spiro atoms. The van der Waals surface area contributed by atoms with E-state index in [4.69, 9.17) is 4.98 Å². The van der Waals surface area contributed by atoms with Crippen molar-refractivity contribution in [3.8, 4) is 0 Å². The maximum absolute atomic E-state index is 13.2. The van der Waals surface area contributed by atoms with Crippen LogP contribution in [0.5, 0.6) is 0 Å². The van der Waals surface area contributed by atoms with Crippen LogP contribution in [0.1, 0.15) is 37.6 Å². The lowest BCUT2D eigenvalue weighted by atomic mass is 10.1. The van der Waals surface area contributed by atoms with Crippen LogP contribution in [-0.4, -0.2) is 56.3 Å². The molecular formula is C23H30N6O2. The Balaban J connectivity index is 1.50. The fraction of sp³-hybridized carbons (Fsp3) is 0.478. The first-order valence-electron chi connectivity index (χ1n) is 10.9. The second-order valence-corrected chi connectivity index (χ2v) is 8.44. The Morgan fingerprint density at radius 2 is 1.77 bits per heavy atom. The molecule has 3 aromatic rings. The topological polar surface area (TPSA) is 76.3 Å². The van der Waals surface area contributed by atoms with Crippen LogP contribution in [0, 0.1) is 6.92 Å². The zero-order valence-corrected chi connectivity index (χ0v) is 18.7. The molecule has 0 N–H and O–H groups in total.